The zero-order valence-corrected chi connectivity index (χ0v) is 11.2. The van der Waals surface area contributed by atoms with Crippen LogP contribution in [0, 0.1) is 5.82 Å². The zero-order valence-electron chi connectivity index (χ0n) is 10.4. The summed E-state index contributed by atoms with van der Waals surface area (Å²) in [6.45, 7) is 0. The molecular formula is C15H11FN2OS. The van der Waals surface area contributed by atoms with Crippen LogP contribution in [0.2, 0.25) is 0 Å². The number of amides is 1. The fourth-order valence-corrected chi connectivity index (χ4v) is 2.91. The van der Waals surface area contributed by atoms with Crippen LogP contribution in [-0.4, -0.2) is 5.91 Å². The molecule has 0 unspecified atom stereocenters. The molecular weight excluding hydrogens is 275 g/mol. The fourth-order valence-electron chi connectivity index (χ4n) is 1.97. The van der Waals surface area contributed by atoms with Gasteiger partial charge >= 0.3 is 0 Å². The second-order valence-electron chi connectivity index (χ2n) is 4.34. The number of carbonyl (C=O) groups excluding carboxylic acids is 1. The van der Waals surface area contributed by atoms with Gasteiger partial charge in [0.1, 0.15) is 5.82 Å². The number of halogens is 1. The van der Waals surface area contributed by atoms with Gasteiger partial charge in [-0.25, -0.2) is 4.39 Å². The highest BCUT2D eigenvalue weighted by atomic mass is 32.1. The van der Waals surface area contributed by atoms with Gasteiger partial charge in [0.25, 0.3) is 5.91 Å². The van der Waals surface area contributed by atoms with E-state index in [9.17, 15) is 9.18 Å². The monoisotopic (exact) mass is 286 g/mol. The van der Waals surface area contributed by atoms with Crippen molar-refractivity contribution in [3.63, 3.8) is 0 Å². The maximum atomic E-state index is 13.1. The molecule has 0 aliphatic heterocycles. The Morgan fingerprint density at radius 3 is 2.80 bits per heavy atom. The van der Waals surface area contributed by atoms with Crippen LogP contribution in [0.4, 0.5) is 15.8 Å². The average Bonchev–Trinajstić information content (AvgIpc) is 2.87. The van der Waals surface area contributed by atoms with Crippen LogP contribution in [0.25, 0.3) is 10.1 Å². The first-order valence-electron chi connectivity index (χ1n) is 5.98. The van der Waals surface area contributed by atoms with Crippen LogP contribution < -0.4 is 11.1 Å². The Bertz CT molecular complexity index is 797. The number of anilines is 2. The van der Waals surface area contributed by atoms with Crippen molar-refractivity contribution < 1.29 is 9.18 Å². The summed E-state index contributed by atoms with van der Waals surface area (Å²) in [5.74, 6) is -0.725. The number of thiophene rings is 1. The number of fused-ring (bicyclic) bond motifs is 1. The topological polar surface area (TPSA) is 55.1 Å². The number of carbonyl (C=O) groups is 1. The highest BCUT2D eigenvalue weighted by molar-refractivity contribution is 7.17. The molecule has 1 aromatic heterocycles. The van der Waals surface area contributed by atoms with E-state index in [1.54, 1.807) is 0 Å². The molecule has 1 amide bonds. The summed E-state index contributed by atoms with van der Waals surface area (Å²) in [5.41, 5.74) is 6.57. The first-order chi connectivity index (χ1) is 9.65. The fraction of sp³-hybridized carbons (Fsp3) is 0. The zero-order chi connectivity index (χ0) is 14.1. The maximum Gasteiger partial charge on any atom is 0.257 e. The van der Waals surface area contributed by atoms with Gasteiger partial charge in [0.05, 0.1) is 11.3 Å². The molecule has 0 aliphatic rings. The minimum Gasteiger partial charge on any atom is -0.396 e. The number of benzene rings is 2. The number of hydrogen-bond acceptors (Lipinski definition) is 3. The summed E-state index contributed by atoms with van der Waals surface area (Å²) in [6, 6.07) is 11.8. The summed E-state index contributed by atoms with van der Waals surface area (Å²) in [5, 5.41) is 5.45. The predicted molar refractivity (Wildman–Crippen MR) is 80.6 cm³/mol. The van der Waals surface area contributed by atoms with Gasteiger partial charge in [-0.05, 0) is 24.3 Å². The van der Waals surface area contributed by atoms with Crippen molar-refractivity contribution in [2.24, 2.45) is 0 Å². The summed E-state index contributed by atoms with van der Waals surface area (Å²) in [7, 11) is 0. The van der Waals surface area contributed by atoms with Crippen LogP contribution in [0.15, 0.2) is 47.8 Å². The van der Waals surface area contributed by atoms with E-state index < -0.39 is 5.82 Å². The quantitative estimate of drug-likeness (QED) is 0.702. The Labute approximate surface area is 118 Å². The molecule has 5 heteroatoms. The van der Waals surface area contributed by atoms with Gasteiger partial charge in [-0.1, -0.05) is 18.2 Å². The lowest BCUT2D eigenvalue weighted by atomic mass is 10.1. The van der Waals surface area contributed by atoms with Crippen LogP contribution >= 0.6 is 11.3 Å². The van der Waals surface area contributed by atoms with Gasteiger partial charge < -0.3 is 11.1 Å². The molecule has 0 radical (unpaired) electrons. The third-order valence-electron chi connectivity index (χ3n) is 2.98. The first kappa shape index (κ1) is 12.6. The van der Waals surface area contributed by atoms with Crippen LogP contribution in [0.1, 0.15) is 10.4 Å². The number of rotatable bonds is 2. The molecule has 3 N–H and O–H groups in total. The van der Waals surface area contributed by atoms with Crippen LogP contribution in [0.5, 0.6) is 0 Å². The SMILES string of the molecule is Nc1cc(NC(=O)c2csc3ccccc23)ccc1F. The largest absolute Gasteiger partial charge is 0.396 e. The minimum atomic E-state index is -0.496. The van der Waals surface area contributed by atoms with Gasteiger partial charge in [-0.15, -0.1) is 11.3 Å². The molecule has 0 aliphatic carbocycles. The van der Waals surface area contributed by atoms with Gasteiger partial charge in [0.2, 0.25) is 0 Å². The van der Waals surface area contributed by atoms with Crippen LogP contribution in [0.3, 0.4) is 0 Å². The predicted octanol–water partition coefficient (Wildman–Crippen LogP) is 3.87. The van der Waals surface area contributed by atoms with E-state index in [4.69, 9.17) is 5.73 Å². The van der Waals surface area contributed by atoms with E-state index in [0.717, 1.165) is 10.1 Å². The number of nitrogens with one attached hydrogen (secondary N) is 1. The van der Waals surface area contributed by atoms with Gasteiger partial charge in [0, 0.05) is 21.2 Å². The molecule has 0 bridgehead atoms. The van der Waals surface area contributed by atoms with E-state index in [1.165, 1.54) is 29.5 Å². The highest BCUT2D eigenvalue weighted by Gasteiger charge is 2.12. The van der Waals surface area contributed by atoms with Gasteiger partial charge in [-0.2, -0.15) is 0 Å². The van der Waals surface area contributed by atoms with Crippen molar-refractivity contribution >= 4 is 38.7 Å². The molecule has 3 aromatic rings. The molecule has 0 atom stereocenters. The smallest absolute Gasteiger partial charge is 0.257 e. The Kier molecular flexibility index (Phi) is 3.12. The normalized spacial score (nSPS) is 10.7. The number of hydrogen-bond donors (Lipinski definition) is 2. The van der Waals surface area contributed by atoms with Gasteiger partial charge in [-0.3, -0.25) is 4.79 Å². The van der Waals surface area contributed by atoms with Crippen molar-refractivity contribution in [3.8, 4) is 0 Å². The molecule has 3 nitrogen and oxygen atoms in total. The molecule has 0 saturated carbocycles. The van der Waals surface area contributed by atoms with E-state index in [-0.39, 0.29) is 11.6 Å². The summed E-state index contributed by atoms with van der Waals surface area (Å²) in [6.07, 6.45) is 0. The van der Waals surface area contributed by atoms with Crippen molar-refractivity contribution in [3.05, 3.63) is 59.2 Å². The third kappa shape index (κ3) is 2.23. The molecule has 2 aromatic carbocycles. The minimum absolute atomic E-state index is 0.0120. The van der Waals surface area contributed by atoms with E-state index >= 15 is 0 Å². The Hall–Kier alpha value is -2.40. The highest BCUT2D eigenvalue weighted by Crippen LogP contribution is 2.26. The Balaban J connectivity index is 1.91. The molecule has 0 spiro atoms. The molecule has 3 rings (SSSR count). The molecule has 20 heavy (non-hydrogen) atoms. The molecule has 100 valence electrons. The Morgan fingerprint density at radius 1 is 1.20 bits per heavy atom. The Morgan fingerprint density at radius 2 is 2.00 bits per heavy atom. The number of nitrogen functional groups attached to an aromatic ring is 1. The second kappa shape index (κ2) is 4.94. The van der Waals surface area contributed by atoms with Crippen molar-refractivity contribution in [1.82, 2.24) is 0 Å². The van der Waals surface area contributed by atoms with Crippen molar-refractivity contribution in [2.45, 2.75) is 0 Å². The lowest BCUT2D eigenvalue weighted by Gasteiger charge is -2.06. The van der Waals surface area contributed by atoms with Crippen LogP contribution in [-0.2, 0) is 0 Å². The van der Waals surface area contributed by atoms with Crippen molar-refractivity contribution in [2.75, 3.05) is 11.1 Å². The van der Waals surface area contributed by atoms with Gasteiger partial charge in [0.15, 0.2) is 0 Å². The van der Waals surface area contributed by atoms with E-state index in [1.807, 2.05) is 29.6 Å². The van der Waals surface area contributed by atoms with E-state index in [0.29, 0.717) is 11.3 Å². The average molecular weight is 286 g/mol. The molecule has 0 saturated heterocycles. The summed E-state index contributed by atoms with van der Waals surface area (Å²) >= 11 is 1.51. The third-order valence-corrected chi connectivity index (χ3v) is 3.94. The summed E-state index contributed by atoms with van der Waals surface area (Å²) < 4.78 is 14.1. The first-order valence-corrected chi connectivity index (χ1v) is 6.86. The number of nitrogens with two attached hydrogens (primary N) is 1. The standard InChI is InChI=1S/C15H11FN2OS/c16-12-6-5-9(7-13(12)17)18-15(19)11-8-20-14-4-2-1-3-10(11)14/h1-8H,17H2,(H,18,19). The van der Waals surface area contributed by atoms with E-state index in [2.05, 4.69) is 5.32 Å². The molecule has 1 heterocycles. The molecule has 0 fully saturated rings. The lowest BCUT2D eigenvalue weighted by molar-refractivity contribution is 0.102. The summed E-state index contributed by atoms with van der Waals surface area (Å²) in [4.78, 5) is 12.2. The maximum absolute atomic E-state index is 13.1. The second-order valence-corrected chi connectivity index (χ2v) is 5.25. The lowest BCUT2D eigenvalue weighted by Crippen LogP contribution is -2.11. The van der Waals surface area contributed by atoms with Crippen molar-refractivity contribution in [1.29, 1.82) is 0 Å².